The molecule has 152 valence electrons. The van der Waals surface area contributed by atoms with Crippen LogP contribution in [0.5, 0.6) is 11.6 Å². The fraction of sp³-hybridized carbons (Fsp3) is 0.0476. The van der Waals surface area contributed by atoms with Gasteiger partial charge in [-0.1, -0.05) is 23.7 Å². The molecule has 4 rings (SSSR count). The highest BCUT2D eigenvalue weighted by Crippen LogP contribution is 2.26. The van der Waals surface area contributed by atoms with Crippen molar-refractivity contribution in [2.24, 2.45) is 0 Å². The second-order valence-electron chi connectivity index (χ2n) is 6.36. The Morgan fingerprint density at radius 3 is 2.37 bits per heavy atom. The van der Waals surface area contributed by atoms with Crippen molar-refractivity contribution in [3.63, 3.8) is 0 Å². The van der Waals surface area contributed by atoms with Crippen molar-refractivity contribution >= 4 is 27.3 Å². The quantitative estimate of drug-likeness (QED) is 0.464. The molecule has 2 heterocycles. The normalized spacial score (nSPS) is 11.3. The zero-order chi connectivity index (χ0) is 21.1. The van der Waals surface area contributed by atoms with E-state index in [4.69, 9.17) is 16.3 Å². The molecule has 0 spiro atoms. The lowest BCUT2D eigenvalue weighted by Gasteiger charge is -2.11. The van der Waals surface area contributed by atoms with Gasteiger partial charge in [-0.05, 0) is 55.5 Å². The fourth-order valence-electron chi connectivity index (χ4n) is 2.78. The molecule has 2 aromatic heterocycles. The van der Waals surface area contributed by atoms with Gasteiger partial charge in [-0.15, -0.1) is 0 Å². The van der Waals surface area contributed by atoms with Crippen LogP contribution in [0.15, 0.2) is 84.0 Å². The van der Waals surface area contributed by atoms with E-state index in [1.165, 1.54) is 12.1 Å². The van der Waals surface area contributed by atoms with E-state index in [1.54, 1.807) is 49.4 Å². The molecule has 4 aromatic rings. The van der Waals surface area contributed by atoms with Gasteiger partial charge in [0.15, 0.2) is 0 Å². The highest BCUT2D eigenvalue weighted by molar-refractivity contribution is 7.92. The number of aryl methyl sites for hydroxylation is 1. The Kier molecular flexibility index (Phi) is 5.43. The van der Waals surface area contributed by atoms with E-state index in [0.29, 0.717) is 29.0 Å². The first-order valence-electron chi connectivity index (χ1n) is 8.95. The van der Waals surface area contributed by atoms with Crippen LogP contribution in [0.3, 0.4) is 0 Å². The molecule has 0 atom stereocenters. The first kappa shape index (κ1) is 19.9. The molecular formula is C21H17ClN4O3S. The van der Waals surface area contributed by atoms with Crippen LogP contribution in [-0.4, -0.2) is 23.0 Å². The maximum Gasteiger partial charge on any atom is 0.263 e. The van der Waals surface area contributed by atoms with Crippen LogP contribution in [0.2, 0.25) is 5.02 Å². The highest BCUT2D eigenvalue weighted by atomic mass is 35.5. The van der Waals surface area contributed by atoms with Gasteiger partial charge in [0.05, 0.1) is 5.02 Å². The number of ether oxygens (including phenoxy) is 1. The van der Waals surface area contributed by atoms with Crippen LogP contribution in [-0.2, 0) is 10.0 Å². The van der Waals surface area contributed by atoms with Crippen LogP contribution in [0.1, 0.15) is 5.82 Å². The summed E-state index contributed by atoms with van der Waals surface area (Å²) in [6.45, 7) is 1.78. The number of hydrogen-bond donors (Lipinski definition) is 1. The molecule has 0 aliphatic rings. The summed E-state index contributed by atoms with van der Waals surface area (Å²) in [6.07, 6.45) is 3.76. The number of halogens is 1. The maximum absolute atomic E-state index is 12.5. The largest absolute Gasteiger partial charge is 0.439 e. The standard InChI is InChI=1S/C21H17ClN4O3S/c1-15-23-20(26-12-4-5-13-26)14-21(24-15)29-17-10-8-16(9-11-17)25-30(27,28)19-7-3-2-6-18(19)22/h2-14,25H,1H3. The minimum Gasteiger partial charge on any atom is -0.439 e. The third kappa shape index (κ3) is 4.45. The van der Waals surface area contributed by atoms with Gasteiger partial charge in [-0.25, -0.2) is 13.4 Å². The van der Waals surface area contributed by atoms with Crippen LogP contribution in [0.25, 0.3) is 5.82 Å². The molecule has 2 aromatic carbocycles. The van der Waals surface area contributed by atoms with Crippen LogP contribution in [0, 0.1) is 6.92 Å². The van der Waals surface area contributed by atoms with Gasteiger partial charge in [-0.3, -0.25) is 4.72 Å². The summed E-state index contributed by atoms with van der Waals surface area (Å²) in [6, 6.07) is 18.3. The van der Waals surface area contributed by atoms with E-state index < -0.39 is 10.0 Å². The number of nitrogens with one attached hydrogen (secondary N) is 1. The minimum atomic E-state index is -3.80. The molecule has 0 radical (unpaired) electrons. The topological polar surface area (TPSA) is 86.1 Å². The predicted octanol–water partition coefficient (Wildman–Crippen LogP) is 4.82. The number of sulfonamides is 1. The lowest BCUT2D eigenvalue weighted by Crippen LogP contribution is -2.13. The Bertz CT molecular complexity index is 1270. The van der Waals surface area contributed by atoms with Gasteiger partial charge in [0, 0.05) is 24.1 Å². The number of hydrogen-bond acceptors (Lipinski definition) is 5. The summed E-state index contributed by atoms with van der Waals surface area (Å²) in [7, 11) is -3.80. The summed E-state index contributed by atoms with van der Waals surface area (Å²) in [5.41, 5.74) is 0.383. The van der Waals surface area contributed by atoms with E-state index in [0.717, 1.165) is 0 Å². The third-order valence-corrected chi connectivity index (χ3v) is 6.01. The number of rotatable bonds is 6. The van der Waals surface area contributed by atoms with Gasteiger partial charge in [-0.2, -0.15) is 4.98 Å². The summed E-state index contributed by atoms with van der Waals surface area (Å²) >= 11 is 6.00. The second-order valence-corrected chi connectivity index (χ2v) is 8.42. The second kappa shape index (κ2) is 8.17. The Labute approximate surface area is 179 Å². The predicted molar refractivity (Wildman–Crippen MR) is 115 cm³/mol. The molecule has 0 saturated carbocycles. The number of benzene rings is 2. The summed E-state index contributed by atoms with van der Waals surface area (Å²) in [5, 5.41) is 0.155. The monoisotopic (exact) mass is 440 g/mol. The number of anilines is 1. The first-order valence-corrected chi connectivity index (χ1v) is 10.8. The average Bonchev–Trinajstić information content (AvgIpc) is 3.24. The van der Waals surface area contributed by atoms with E-state index in [-0.39, 0.29) is 9.92 Å². The molecule has 7 nitrogen and oxygen atoms in total. The van der Waals surface area contributed by atoms with Crippen molar-refractivity contribution in [2.45, 2.75) is 11.8 Å². The van der Waals surface area contributed by atoms with Crippen molar-refractivity contribution in [1.82, 2.24) is 14.5 Å². The Morgan fingerprint density at radius 2 is 1.67 bits per heavy atom. The van der Waals surface area contributed by atoms with Gasteiger partial charge < -0.3 is 9.30 Å². The van der Waals surface area contributed by atoms with E-state index in [2.05, 4.69) is 14.7 Å². The third-order valence-electron chi connectivity index (χ3n) is 4.13. The molecule has 0 saturated heterocycles. The summed E-state index contributed by atoms with van der Waals surface area (Å²) < 4.78 is 35.3. The fourth-order valence-corrected chi connectivity index (χ4v) is 4.36. The van der Waals surface area contributed by atoms with Crippen molar-refractivity contribution in [3.05, 3.63) is 90.0 Å². The van der Waals surface area contributed by atoms with Crippen LogP contribution < -0.4 is 9.46 Å². The molecular weight excluding hydrogens is 424 g/mol. The highest BCUT2D eigenvalue weighted by Gasteiger charge is 2.17. The van der Waals surface area contributed by atoms with Gasteiger partial charge in [0.1, 0.15) is 22.3 Å². The van der Waals surface area contributed by atoms with Crippen molar-refractivity contribution in [2.75, 3.05) is 4.72 Å². The van der Waals surface area contributed by atoms with Gasteiger partial charge >= 0.3 is 0 Å². The summed E-state index contributed by atoms with van der Waals surface area (Å²) in [4.78, 5) is 8.70. The van der Waals surface area contributed by atoms with Crippen LogP contribution in [0.4, 0.5) is 5.69 Å². The molecule has 0 amide bonds. The molecule has 30 heavy (non-hydrogen) atoms. The number of nitrogens with zero attached hydrogens (tertiary/aromatic N) is 3. The SMILES string of the molecule is Cc1nc(Oc2ccc(NS(=O)(=O)c3ccccc3Cl)cc2)cc(-n2cccc2)n1. The molecule has 9 heteroatoms. The zero-order valence-electron chi connectivity index (χ0n) is 15.9. The van der Waals surface area contributed by atoms with Crippen LogP contribution >= 0.6 is 11.6 Å². The molecule has 0 bridgehead atoms. The Morgan fingerprint density at radius 1 is 0.967 bits per heavy atom. The zero-order valence-corrected chi connectivity index (χ0v) is 17.4. The maximum atomic E-state index is 12.5. The Hall–Kier alpha value is -3.36. The molecule has 0 fully saturated rings. The van der Waals surface area contributed by atoms with Crippen molar-refractivity contribution in [3.8, 4) is 17.4 Å². The summed E-state index contributed by atoms with van der Waals surface area (Å²) in [5.74, 6) is 2.15. The molecule has 0 aliphatic heterocycles. The molecule has 1 N–H and O–H groups in total. The van der Waals surface area contributed by atoms with E-state index >= 15 is 0 Å². The van der Waals surface area contributed by atoms with E-state index in [1.807, 2.05) is 29.1 Å². The lowest BCUT2D eigenvalue weighted by atomic mass is 10.3. The van der Waals surface area contributed by atoms with Gasteiger partial charge in [0.2, 0.25) is 5.88 Å². The van der Waals surface area contributed by atoms with Crippen molar-refractivity contribution in [1.29, 1.82) is 0 Å². The van der Waals surface area contributed by atoms with E-state index in [9.17, 15) is 8.42 Å². The average molecular weight is 441 g/mol. The smallest absolute Gasteiger partial charge is 0.263 e. The van der Waals surface area contributed by atoms with Crippen molar-refractivity contribution < 1.29 is 13.2 Å². The number of aromatic nitrogens is 3. The lowest BCUT2D eigenvalue weighted by molar-refractivity contribution is 0.459. The Balaban J connectivity index is 1.52. The molecule has 0 unspecified atom stereocenters. The first-order chi connectivity index (χ1) is 14.4. The minimum absolute atomic E-state index is 0.0148. The molecule has 0 aliphatic carbocycles. The van der Waals surface area contributed by atoms with Gasteiger partial charge in [0.25, 0.3) is 10.0 Å².